The summed E-state index contributed by atoms with van der Waals surface area (Å²) in [6.07, 6.45) is 3.68. The summed E-state index contributed by atoms with van der Waals surface area (Å²) >= 11 is 6.15. The lowest BCUT2D eigenvalue weighted by atomic mass is 10.1. The van der Waals surface area contributed by atoms with E-state index in [9.17, 15) is 4.79 Å². The Kier molecular flexibility index (Phi) is 5.09. The summed E-state index contributed by atoms with van der Waals surface area (Å²) in [5.41, 5.74) is 3.51. The number of nitrogens with zero attached hydrogens (tertiary/aromatic N) is 3. The first-order chi connectivity index (χ1) is 11.6. The molecule has 128 valence electrons. The van der Waals surface area contributed by atoms with Gasteiger partial charge >= 0.3 is 0 Å². The topological polar surface area (TPSA) is 50.2 Å². The van der Waals surface area contributed by atoms with Gasteiger partial charge in [-0.2, -0.15) is 5.10 Å². The van der Waals surface area contributed by atoms with Crippen molar-refractivity contribution in [2.24, 2.45) is 0 Å². The van der Waals surface area contributed by atoms with Crippen molar-refractivity contribution in [2.45, 2.75) is 39.7 Å². The van der Waals surface area contributed by atoms with Crippen LogP contribution in [0.3, 0.4) is 0 Å². The third-order valence-corrected chi connectivity index (χ3v) is 5.01. The fraction of sp³-hybridized carbons (Fsp3) is 0.444. The van der Waals surface area contributed by atoms with Crippen LogP contribution in [0.15, 0.2) is 24.3 Å². The number of nitrogens with one attached hydrogen (secondary N) is 1. The van der Waals surface area contributed by atoms with Crippen LogP contribution in [0, 0.1) is 13.8 Å². The molecular weight excluding hydrogens is 324 g/mol. The maximum Gasteiger partial charge on any atom is 0.246 e. The van der Waals surface area contributed by atoms with Crippen LogP contribution in [-0.2, 0) is 11.3 Å². The van der Waals surface area contributed by atoms with E-state index < -0.39 is 0 Å². The zero-order valence-electron chi connectivity index (χ0n) is 14.2. The molecule has 1 aromatic heterocycles. The van der Waals surface area contributed by atoms with Gasteiger partial charge in [0.2, 0.25) is 5.91 Å². The highest BCUT2D eigenvalue weighted by molar-refractivity contribution is 6.31. The van der Waals surface area contributed by atoms with E-state index in [1.807, 2.05) is 32.0 Å². The van der Waals surface area contributed by atoms with Crippen LogP contribution >= 0.6 is 11.6 Å². The van der Waals surface area contributed by atoms with Crippen molar-refractivity contribution in [3.05, 3.63) is 40.7 Å². The van der Waals surface area contributed by atoms with Crippen molar-refractivity contribution in [3.8, 4) is 0 Å². The number of aromatic nitrogens is 2. The van der Waals surface area contributed by atoms with Crippen LogP contribution in [-0.4, -0.2) is 28.8 Å². The minimum atomic E-state index is -0.0956. The van der Waals surface area contributed by atoms with Gasteiger partial charge in [-0.3, -0.25) is 9.48 Å². The molecule has 1 fully saturated rings. The number of carbonyl (C=O) groups excluding carboxylic acids is 1. The van der Waals surface area contributed by atoms with E-state index in [-0.39, 0.29) is 12.5 Å². The number of halogens is 1. The summed E-state index contributed by atoms with van der Waals surface area (Å²) in [7, 11) is 0. The highest BCUT2D eigenvalue weighted by Crippen LogP contribution is 2.28. The molecule has 0 radical (unpaired) electrons. The lowest BCUT2D eigenvalue weighted by Crippen LogP contribution is -2.30. The summed E-state index contributed by atoms with van der Waals surface area (Å²) in [5.74, 6) is -0.0956. The molecule has 1 saturated heterocycles. The first-order valence-corrected chi connectivity index (χ1v) is 8.77. The van der Waals surface area contributed by atoms with Crippen molar-refractivity contribution in [1.82, 2.24) is 9.78 Å². The molecule has 1 amide bonds. The largest absolute Gasteiger partial charge is 0.370 e. The molecule has 0 unspecified atom stereocenters. The maximum absolute atomic E-state index is 12.5. The smallest absolute Gasteiger partial charge is 0.246 e. The van der Waals surface area contributed by atoms with Crippen LogP contribution in [0.4, 0.5) is 11.4 Å². The second-order valence-electron chi connectivity index (χ2n) is 6.26. The van der Waals surface area contributed by atoms with Crippen molar-refractivity contribution in [1.29, 1.82) is 0 Å². The van der Waals surface area contributed by atoms with E-state index in [4.69, 9.17) is 11.6 Å². The zero-order chi connectivity index (χ0) is 17.1. The number of para-hydroxylation sites is 2. The van der Waals surface area contributed by atoms with Gasteiger partial charge in [0, 0.05) is 13.1 Å². The van der Waals surface area contributed by atoms with Crippen molar-refractivity contribution < 1.29 is 4.79 Å². The Balaban J connectivity index is 1.73. The predicted molar refractivity (Wildman–Crippen MR) is 97.8 cm³/mol. The second-order valence-corrected chi connectivity index (χ2v) is 6.63. The minimum Gasteiger partial charge on any atom is -0.370 e. The lowest BCUT2D eigenvalue weighted by Gasteiger charge is -2.30. The molecular formula is C18H23ClN4O. The van der Waals surface area contributed by atoms with Crippen LogP contribution < -0.4 is 10.2 Å². The standard InChI is InChI=1S/C18H23ClN4O/c1-13-18(19)14(2)23(21-13)12-17(24)20-15-8-4-5-9-16(15)22-10-6-3-7-11-22/h4-5,8-9H,3,6-7,10-12H2,1-2H3,(H,20,24). The summed E-state index contributed by atoms with van der Waals surface area (Å²) < 4.78 is 1.65. The predicted octanol–water partition coefficient (Wildman–Crippen LogP) is 3.78. The first-order valence-electron chi connectivity index (χ1n) is 8.39. The molecule has 5 nitrogen and oxygen atoms in total. The molecule has 0 bridgehead atoms. The van der Waals surface area contributed by atoms with Gasteiger partial charge in [-0.1, -0.05) is 23.7 Å². The lowest BCUT2D eigenvalue weighted by molar-refractivity contribution is -0.116. The normalized spacial score (nSPS) is 14.7. The highest BCUT2D eigenvalue weighted by atomic mass is 35.5. The van der Waals surface area contributed by atoms with Crippen molar-refractivity contribution in [3.63, 3.8) is 0 Å². The van der Waals surface area contributed by atoms with Gasteiger partial charge in [0.1, 0.15) is 6.54 Å². The van der Waals surface area contributed by atoms with E-state index in [1.54, 1.807) is 4.68 Å². The van der Waals surface area contributed by atoms with Crippen LogP contribution in [0.5, 0.6) is 0 Å². The Morgan fingerprint density at radius 1 is 1.21 bits per heavy atom. The average molecular weight is 347 g/mol. The van der Waals surface area contributed by atoms with Gasteiger partial charge in [0.05, 0.1) is 27.8 Å². The molecule has 3 rings (SSSR count). The SMILES string of the molecule is Cc1nn(CC(=O)Nc2ccccc2N2CCCCC2)c(C)c1Cl. The van der Waals surface area contributed by atoms with Gasteiger partial charge in [-0.05, 0) is 45.2 Å². The molecule has 0 saturated carbocycles. The Morgan fingerprint density at radius 3 is 2.58 bits per heavy atom. The fourth-order valence-corrected chi connectivity index (χ4v) is 3.28. The van der Waals surface area contributed by atoms with E-state index in [1.165, 1.54) is 19.3 Å². The number of carbonyl (C=O) groups is 1. The third kappa shape index (κ3) is 3.56. The van der Waals surface area contributed by atoms with E-state index >= 15 is 0 Å². The molecule has 6 heteroatoms. The minimum absolute atomic E-state index is 0.0956. The summed E-state index contributed by atoms with van der Waals surface area (Å²) in [6.45, 7) is 5.96. The molecule has 1 N–H and O–H groups in total. The number of benzene rings is 1. The van der Waals surface area contributed by atoms with Crippen molar-refractivity contribution >= 4 is 28.9 Å². The van der Waals surface area contributed by atoms with E-state index in [2.05, 4.69) is 21.4 Å². The van der Waals surface area contributed by atoms with Gasteiger partial charge in [0.25, 0.3) is 0 Å². The van der Waals surface area contributed by atoms with Crippen LogP contribution in [0.1, 0.15) is 30.7 Å². The van der Waals surface area contributed by atoms with E-state index in [0.29, 0.717) is 5.02 Å². The van der Waals surface area contributed by atoms with Crippen molar-refractivity contribution in [2.75, 3.05) is 23.3 Å². The van der Waals surface area contributed by atoms with Gasteiger partial charge in [0.15, 0.2) is 0 Å². The number of rotatable bonds is 4. The second kappa shape index (κ2) is 7.26. The summed E-state index contributed by atoms with van der Waals surface area (Å²) in [5, 5.41) is 7.97. The molecule has 1 aliphatic heterocycles. The number of aryl methyl sites for hydroxylation is 1. The summed E-state index contributed by atoms with van der Waals surface area (Å²) in [4.78, 5) is 14.8. The number of hydrogen-bond acceptors (Lipinski definition) is 3. The number of piperidine rings is 1. The molecule has 0 spiro atoms. The van der Waals surface area contributed by atoms with Crippen LogP contribution in [0.25, 0.3) is 0 Å². The van der Waals surface area contributed by atoms with Gasteiger partial charge < -0.3 is 10.2 Å². The molecule has 2 aromatic rings. The third-order valence-electron chi connectivity index (χ3n) is 4.46. The number of anilines is 2. The van der Waals surface area contributed by atoms with E-state index in [0.717, 1.165) is 35.9 Å². The Labute approximate surface area is 147 Å². The first kappa shape index (κ1) is 16.8. The Morgan fingerprint density at radius 2 is 1.92 bits per heavy atom. The zero-order valence-corrected chi connectivity index (χ0v) is 14.9. The molecule has 1 aliphatic rings. The monoisotopic (exact) mass is 346 g/mol. The number of amides is 1. The fourth-order valence-electron chi connectivity index (χ4n) is 3.14. The van der Waals surface area contributed by atoms with Gasteiger partial charge in [-0.15, -0.1) is 0 Å². The number of hydrogen-bond donors (Lipinski definition) is 1. The maximum atomic E-state index is 12.5. The molecule has 0 aliphatic carbocycles. The highest BCUT2D eigenvalue weighted by Gasteiger charge is 2.17. The van der Waals surface area contributed by atoms with Gasteiger partial charge in [-0.25, -0.2) is 0 Å². The molecule has 2 heterocycles. The van der Waals surface area contributed by atoms with Crippen LogP contribution in [0.2, 0.25) is 5.02 Å². The average Bonchev–Trinajstić information content (AvgIpc) is 2.83. The molecule has 24 heavy (non-hydrogen) atoms. The Bertz CT molecular complexity index is 735. The molecule has 1 aromatic carbocycles. The molecule has 0 atom stereocenters. The Hall–Kier alpha value is -2.01. The quantitative estimate of drug-likeness (QED) is 0.916. The summed E-state index contributed by atoms with van der Waals surface area (Å²) in [6, 6.07) is 7.99.